The molecule has 1 saturated carbocycles. The number of rotatable bonds is 5. The summed E-state index contributed by atoms with van der Waals surface area (Å²) >= 11 is 4.80. The summed E-state index contributed by atoms with van der Waals surface area (Å²) in [5, 5.41) is 9.83. The highest BCUT2D eigenvalue weighted by Crippen LogP contribution is 2.47. The SMILES string of the molecule is COc1cc2sc(C(=O)C3CC3C(=O)O)c(Br)c2cc1OC. The number of hydrogen-bond donors (Lipinski definition) is 1. The Balaban J connectivity index is 2.03. The first-order valence-electron chi connectivity index (χ1n) is 6.59. The van der Waals surface area contributed by atoms with Crippen LogP contribution in [0, 0.1) is 11.8 Å². The minimum absolute atomic E-state index is 0.113. The summed E-state index contributed by atoms with van der Waals surface area (Å²) in [6.45, 7) is 0. The molecule has 1 aromatic carbocycles. The molecule has 5 nitrogen and oxygen atoms in total. The van der Waals surface area contributed by atoms with Crippen LogP contribution in [0.2, 0.25) is 0 Å². The van der Waals surface area contributed by atoms with Gasteiger partial charge in [0.1, 0.15) is 0 Å². The van der Waals surface area contributed by atoms with Gasteiger partial charge in [-0.1, -0.05) is 0 Å². The lowest BCUT2D eigenvalue weighted by Gasteiger charge is -2.07. The molecule has 1 fully saturated rings. The van der Waals surface area contributed by atoms with E-state index in [9.17, 15) is 9.59 Å². The Morgan fingerprint density at radius 2 is 1.86 bits per heavy atom. The van der Waals surface area contributed by atoms with Gasteiger partial charge in [-0.05, 0) is 28.4 Å². The van der Waals surface area contributed by atoms with Gasteiger partial charge in [0.2, 0.25) is 0 Å². The Morgan fingerprint density at radius 3 is 2.41 bits per heavy atom. The average Bonchev–Trinajstić information content (AvgIpc) is 3.25. The zero-order chi connectivity index (χ0) is 16.0. The van der Waals surface area contributed by atoms with Gasteiger partial charge in [0.05, 0.1) is 25.0 Å². The molecule has 3 rings (SSSR count). The largest absolute Gasteiger partial charge is 0.493 e. The minimum atomic E-state index is -0.904. The van der Waals surface area contributed by atoms with Crippen molar-refractivity contribution < 1.29 is 24.2 Å². The van der Waals surface area contributed by atoms with Crippen molar-refractivity contribution in [2.24, 2.45) is 11.8 Å². The van der Waals surface area contributed by atoms with E-state index in [-0.39, 0.29) is 5.78 Å². The first kappa shape index (κ1) is 15.3. The van der Waals surface area contributed by atoms with Gasteiger partial charge >= 0.3 is 5.97 Å². The van der Waals surface area contributed by atoms with Crippen molar-refractivity contribution in [2.45, 2.75) is 6.42 Å². The lowest BCUT2D eigenvalue weighted by molar-refractivity contribution is -0.138. The topological polar surface area (TPSA) is 72.8 Å². The maximum atomic E-state index is 12.5. The Hall–Kier alpha value is -1.60. The number of halogens is 1. The number of Topliss-reactive ketones (excluding diaryl/α,β-unsaturated/α-hetero) is 1. The van der Waals surface area contributed by atoms with E-state index in [0.29, 0.717) is 27.3 Å². The van der Waals surface area contributed by atoms with Gasteiger partial charge in [-0.3, -0.25) is 9.59 Å². The number of fused-ring (bicyclic) bond motifs is 1. The van der Waals surface area contributed by atoms with Crippen molar-refractivity contribution in [3.05, 3.63) is 21.5 Å². The van der Waals surface area contributed by atoms with Crippen molar-refractivity contribution in [1.29, 1.82) is 0 Å². The second-order valence-corrected chi connectivity index (χ2v) is 6.94. The smallest absolute Gasteiger partial charge is 0.307 e. The molecule has 0 amide bonds. The number of carboxylic acids is 1. The van der Waals surface area contributed by atoms with E-state index >= 15 is 0 Å². The maximum absolute atomic E-state index is 12.5. The van der Waals surface area contributed by atoms with Crippen LogP contribution in [0.25, 0.3) is 10.1 Å². The zero-order valence-electron chi connectivity index (χ0n) is 11.9. The highest BCUT2D eigenvalue weighted by Gasteiger charge is 2.49. The first-order chi connectivity index (χ1) is 10.5. The number of ether oxygens (including phenoxy) is 2. The summed E-state index contributed by atoms with van der Waals surface area (Å²) in [5.41, 5.74) is 0. The number of ketones is 1. The van der Waals surface area contributed by atoms with Crippen LogP contribution in [0.3, 0.4) is 0 Å². The first-order valence-corrected chi connectivity index (χ1v) is 8.20. The molecule has 0 bridgehead atoms. The molecule has 1 N–H and O–H groups in total. The van der Waals surface area contributed by atoms with Gasteiger partial charge in [0, 0.05) is 26.5 Å². The van der Waals surface area contributed by atoms with Crippen molar-refractivity contribution in [3.8, 4) is 11.5 Å². The zero-order valence-corrected chi connectivity index (χ0v) is 14.3. The van der Waals surface area contributed by atoms with Crippen LogP contribution in [0.15, 0.2) is 16.6 Å². The quantitative estimate of drug-likeness (QED) is 0.797. The maximum Gasteiger partial charge on any atom is 0.307 e. The molecule has 7 heteroatoms. The molecular weight excluding hydrogens is 372 g/mol. The second kappa shape index (κ2) is 5.55. The molecular formula is C15H13BrO5S. The molecule has 0 saturated heterocycles. The Bertz CT molecular complexity index is 782. The van der Waals surface area contributed by atoms with Crippen LogP contribution in [0.5, 0.6) is 11.5 Å². The van der Waals surface area contributed by atoms with E-state index in [2.05, 4.69) is 15.9 Å². The van der Waals surface area contributed by atoms with Crippen LogP contribution < -0.4 is 9.47 Å². The van der Waals surface area contributed by atoms with Gasteiger partial charge in [-0.15, -0.1) is 11.3 Å². The molecule has 2 atom stereocenters. The van der Waals surface area contributed by atoms with Gasteiger partial charge in [0.15, 0.2) is 17.3 Å². The lowest BCUT2D eigenvalue weighted by atomic mass is 10.1. The molecule has 1 aliphatic rings. The monoisotopic (exact) mass is 384 g/mol. The Kier molecular flexibility index (Phi) is 3.86. The number of carbonyl (C=O) groups excluding carboxylic acids is 1. The standard InChI is InChI=1S/C15H13BrO5S/c1-20-9-4-8-11(5-10(9)21-2)22-14(12(8)16)13(17)6-3-7(6)15(18)19/h4-7H,3H2,1-2H3,(H,18,19). The molecule has 0 radical (unpaired) electrons. The highest BCUT2D eigenvalue weighted by molar-refractivity contribution is 9.10. The molecule has 0 aliphatic heterocycles. The summed E-state index contributed by atoms with van der Waals surface area (Å²) in [5.74, 6) is -0.795. The number of carboxylic acid groups (broad SMARTS) is 1. The van der Waals surface area contributed by atoms with Gasteiger partial charge in [0.25, 0.3) is 0 Å². The van der Waals surface area contributed by atoms with Gasteiger partial charge in [-0.25, -0.2) is 0 Å². The normalized spacial score (nSPS) is 20.0. The van der Waals surface area contributed by atoms with Crippen molar-refractivity contribution >= 4 is 49.1 Å². The van der Waals surface area contributed by atoms with Crippen LogP contribution >= 0.6 is 27.3 Å². The van der Waals surface area contributed by atoms with Crippen LogP contribution in [0.4, 0.5) is 0 Å². The number of methoxy groups -OCH3 is 2. The van der Waals surface area contributed by atoms with Crippen LogP contribution in [-0.4, -0.2) is 31.1 Å². The third-order valence-corrected chi connectivity index (χ3v) is 6.06. The molecule has 2 unspecified atom stereocenters. The summed E-state index contributed by atoms with van der Waals surface area (Å²) in [7, 11) is 3.11. The number of aliphatic carboxylic acids is 1. The van der Waals surface area contributed by atoms with Gasteiger partial charge < -0.3 is 14.6 Å². The van der Waals surface area contributed by atoms with Crippen LogP contribution in [-0.2, 0) is 4.79 Å². The number of hydrogen-bond acceptors (Lipinski definition) is 5. The molecule has 0 spiro atoms. The fourth-order valence-electron chi connectivity index (χ4n) is 2.48. The molecule has 1 heterocycles. The van der Waals surface area contributed by atoms with Crippen molar-refractivity contribution in [3.63, 3.8) is 0 Å². The van der Waals surface area contributed by atoms with E-state index in [4.69, 9.17) is 14.6 Å². The van der Waals surface area contributed by atoms with E-state index < -0.39 is 17.8 Å². The van der Waals surface area contributed by atoms with Crippen molar-refractivity contribution in [2.75, 3.05) is 14.2 Å². The summed E-state index contributed by atoms with van der Waals surface area (Å²) in [4.78, 5) is 24.0. The summed E-state index contributed by atoms with van der Waals surface area (Å²) in [6.07, 6.45) is 0.418. The van der Waals surface area contributed by atoms with Crippen LogP contribution in [0.1, 0.15) is 16.1 Å². The minimum Gasteiger partial charge on any atom is -0.493 e. The van der Waals surface area contributed by atoms with E-state index in [1.807, 2.05) is 12.1 Å². The summed E-state index contributed by atoms with van der Waals surface area (Å²) < 4.78 is 12.1. The molecule has 1 aromatic heterocycles. The molecule has 1 aliphatic carbocycles. The summed E-state index contributed by atoms with van der Waals surface area (Å²) in [6, 6.07) is 3.63. The fourth-order valence-corrected chi connectivity index (χ4v) is 4.48. The van der Waals surface area contributed by atoms with Crippen molar-refractivity contribution in [1.82, 2.24) is 0 Å². The fraction of sp³-hybridized carbons (Fsp3) is 0.333. The number of thiophene rings is 1. The predicted octanol–water partition coefficient (Wildman–Crippen LogP) is 3.58. The third kappa shape index (κ3) is 2.38. The number of benzene rings is 1. The predicted molar refractivity (Wildman–Crippen MR) is 86.2 cm³/mol. The van der Waals surface area contributed by atoms with Gasteiger partial charge in [-0.2, -0.15) is 0 Å². The molecule has 116 valence electrons. The average molecular weight is 385 g/mol. The molecule has 2 aromatic rings. The molecule has 22 heavy (non-hydrogen) atoms. The van der Waals surface area contributed by atoms with E-state index in [0.717, 1.165) is 10.1 Å². The second-order valence-electron chi connectivity index (χ2n) is 5.10. The van der Waals surface area contributed by atoms with E-state index in [1.54, 1.807) is 14.2 Å². The number of carbonyl (C=O) groups is 2. The Morgan fingerprint density at radius 1 is 1.23 bits per heavy atom. The van der Waals surface area contributed by atoms with E-state index in [1.165, 1.54) is 11.3 Å². The Labute approximate surface area is 139 Å². The lowest BCUT2D eigenvalue weighted by Crippen LogP contribution is -2.07. The highest BCUT2D eigenvalue weighted by atomic mass is 79.9. The third-order valence-electron chi connectivity index (χ3n) is 3.80.